The zero-order valence-corrected chi connectivity index (χ0v) is 18.5. The lowest BCUT2D eigenvalue weighted by atomic mass is 10.1. The molecule has 0 unspecified atom stereocenters. The van der Waals surface area contributed by atoms with Crippen molar-refractivity contribution in [3.05, 3.63) is 76.5 Å². The number of amides is 1. The summed E-state index contributed by atoms with van der Waals surface area (Å²) in [7, 11) is 1.89. The maximum atomic E-state index is 13.4. The van der Waals surface area contributed by atoms with E-state index in [0.29, 0.717) is 28.2 Å². The van der Waals surface area contributed by atoms with Crippen LogP contribution in [0.25, 0.3) is 26.1 Å². The molecule has 0 radical (unpaired) electrons. The summed E-state index contributed by atoms with van der Waals surface area (Å²) in [6, 6.07) is 11.2. The van der Waals surface area contributed by atoms with Gasteiger partial charge in [-0.05, 0) is 24.3 Å². The van der Waals surface area contributed by atoms with E-state index in [9.17, 15) is 9.59 Å². The van der Waals surface area contributed by atoms with E-state index in [1.54, 1.807) is 30.7 Å². The molecule has 4 aromatic heterocycles. The Kier molecular flexibility index (Phi) is 5.45. The predicted molar refractivity (Wildman–Crippen MR) is 128 cm³/mol. The Bertz CT molecular complexity index is 1550. The van der Waals surface area contributed by atoms with Gasteiger partial charge in [-0.15, -0.1) is 11.3 Å². The maximum absolute atomic E-state index is 13.4. The maximum Gasteiger partial charge on any atom is 0.258 e. The fourth-order valence-electron chi connectivity index (χ4n) is 3.78. The Balaban J connectivity index is 1.74. The lowest BCUT2D eigenvalue weighted by Crippen LogP contribution is -2.31. The van der Waals surface area contributed by atoms with Crippen LogP contribution in [0.1, 0.15) is 16.1 Å². The lowest BCUT2D eigenvalue weighted by Gasteiger charge is -2.18. The minimum Gasteiger partial charge on any atom is -0.395 e. The SMILES string of the molecule is CN(Cc1cnccn1)c1ccc2c(=O)c(C(=O)NCCO)c3sc4ccccc4n3c2n1. The molecule has 0 atom stereocenters. The van der Waals surface area contributed by atoms with Crippen molar-refractivity contribution in [3.63, 3.8) is 0 Å². The van der Waals surface area contributed by atoms with Gasteiger partial charge in [0.25, 0.3) is 5.91 Å². The van der Waals surface area contributed by atoms with Crippen LogP contribution in [0.2, 0.25) is 0 Å². The molecular formula is C23H20N6O3S. The summed E-state index contributed by atoms with van der Waals surface area (Å²) >= 11 is 1.36. The van der Waals surface area contributed by atoms with Gasteiger partial charge >= 0.3 is 0 Å². The third kappa shape index (κ3) is 3.69. The highest BCUT2D eigenvalue weighted by molar-refractivity contribution is 7.24. The molecule has 4 heterocycles. The number of carbonyl (C=O) groups excluding carboxylic acids is 1. The van der Waals surface area contributed by atoms with E-state index in [0.717, 1.165) is 15.9 Å². The molecule has 1 amide bonds. The Morgan fingerprint density at radius 1 is 1.21 bits per heavy atom. The summed E-state index contributed by atoms with van der Waals surface area (Å²) in [4.78, 5) is 41.9. The minimum absolute atomic E-state index is 0.0552. The molecule has 10 heteroatoms. The quantitative estimate of drug-likeness (QED) is 0.399. The second kappa shape index (κ2) is 8.57. The van der Waals surface area contributed by atoms with Crippen molar-refractivity contribution >= 4 is 49.1 Å². The number of aromatic nitrogens is 4. The van der Waals surface area contributed by atoms with E-state index >= 15 is 0 Å². The molecule has 9 nitrogen and oxygen atoms in total. The van der Waals surface area contributed by atoms with Crippen molar-refractivity contribution < 1.29 is 9.90 Å². The summed E-state index contributed by atoms with van der Waals surface area (Å²) < 4.78 is 2.80. The number of hydrogen-bond acceptors (Lipinski definition) is 8. The van der Waals surface area contributed by atoms with Crippen LogP contribution in [0.5, 0.6) is 0 Å². The summed E-state index contributed by atoms with van der Waals surface area (Å²) in [6.45, 7) is 0.355. The third-order valence-electron chi connectivity index (χ3n) is 5.31. The molecule has 0 fully saturated rings. The molecule has 0 saturated heterocycles. The largest absolute Gasteiger partial charge is 0.395 e. The smallest absolute Gasteiger partial charge is 0.258 e. The summed E-state index contributed by atoms with van der Waals surface area (Å²) in [5, 5.41) is 12.1. The molecule has 5 rings (SSSR count). The highest BCUT2D eigenvalue weighted by Gasteiger charge is 2.23. The number of rotatable bonds is 6. The number of fused-ring (bicyclic) bond motifs is 5. The van der Waals surface area contributed by atoms with Crippen LogP contribution in [0.4, 0.5) is 5.82 Å². The number of hydrogen-bond donors (Lipinski definition) is 2. The van der Waals surface area contributed by atoms with Gasteiger partial charge < -0.3 is 15.3 Å². The van der Waals surface area contributed by atoms with Gasteiger partial charge in [-0.2, -0.15) is 0 Å². The second-order valence-corrected chi connectivity index (χ2v) is 8.52. The number of anilines is 1. The average molecular weight is 461 g/mol. The van der Waals surface area contributed by atoms with Gasteiger partial charge in [0.15, 0.2) is 5.65 Å². The minimum atomic E-state index is -0.510. The zero-order valence-electron chi connectivity index (χ0n) is 17.7. The third-order valence-corrected chi connectivity index (χ3v) is 6.45. The van der Waals surface area contributed by atoms with Gasteiger partial charge in [-0.3, -0.25) is 24.0 Å². The Morgan fingerprint density at radius 3 is 2.85 bits per heavy atom. The fourth-order valence-corrected chi connectivity index (χ4v) is 4.97. The molecule has 0 aliphatic carbocycles. The van der Waals surface area contributed by atoms with Gasteiger partial charge in [0.2, 0.25) is 5.43 Å². The van der Waals surface area contributed by atoms with Crippen LogP contribution in [-0.4, -0.2) is 50.6 Å². The summed E-state index contributed by atoms with van der Waals surface area (Å²) in [5.74, 6) is 0.151. The number of nitrogens with zero attached hydrogens (tertiary/aromatic N) is 5. The van der Waals surface area contributed by atoms with Crippen molar-refractivity contribution in [2.75, 3.05) is 25.1 Å². The first-order valence-electron chi connectivity index (χ1n) is 10.3. The number of nitrogens with one attached hydrogen (secondary N) is 1. The van der Waals surface area contributed by atoms with Gasteiger partial charge in [0.1, 0.15) is 16.2 Å². The van der Waals surface area contributed by atoms with Crippen LogP contribution in [-0.2, 0) is 6.54 Å². The van der Waals surface area contributed by atoms with Crippen molar-refractivity contribution in [3.8, 4) is 0 Å². The molecule has 0 saturated carbocycles. The first kappa shape index (κ1) is 21.0. The van der Waals surface area contributed by atoms with E-state index in [-0.39, 0.29) is 24.1 Å². The van der Waals surface area contributed by atoms with Crippen molar-refractivity contribution in [1.82, 2.24) is 24.7 Å². The van der Waals surface area contributed by atoms with Crippen LogP contribution in [0.15, 0.2) is 59.8 Å². The standard InChI is InChI=1S/C23H20N6O3S/c1-28(13-14-12-24-8-9-25-14)18-7-6-15-20(31)19(22(32)26-10-11-30)23-29(21(15)27-18)16-4-2-3-5-17(16)33-23/h2-9,12,30H,10-11,13H2,1H3,(H,26,32). The molecule has 0 aliphatic rings. The van der Waals surface area contributed by atoms with Gasteiger partial charge in [-0.1, -0.05) is 12.1 Å². The Morgan fingerprint density at radius 2 is 2.06 bits per heavy atom. The molecule has 0 spiro atoms. The molecule has 1 aromatic carbocycles. The highest BCUT2D eigenvalue weighted by Crippen LogP contribution is 2.31. The number of pyridine rings is 2. The molecule has 2 N–H and O–H groups in total. The Hall–Kier alpha value is -3.89. The van der Waals surface area contributed by atoms with Crippen molar-refractivity contribution in [2.24, 2.45) is 0 Å². The number of carbonyl (C=O) groups is 1. The molecule has 0 aliphatic heterocycles. The number of aliphatic hydroxyl groups is 1. The van der Waals surface area contributed by atoms with Gasteiger partial charge in [-0.25, -0.2) is 4.98 Å². The first-order valence-corrected chi connectivity index (χ1v) is 11.1. The molecule has 166 valence electrons. The van der Waals surface area contributed by atoms with Crippen molar-refractivity contribution in [1.29, 1.82) is 0 Å². The van der Waals surface area contributed by atoms with E-state index in [1.807, 2.05) is 40.6 Å². The van der Waals surface area contributed by atoms with E-state index in [4.69, 9.17) is 10.1 Å². The molecule has 0 bridgehead atoms. The van der Waals surface area contributed by atoms with Crippen molar-refractivity contribution in [2.45, 2.75) is 6.54 Å². The number of benzene rings is 1. The summed E-state index contributed by atoms with van der Waals surface area (Å²) in [5.41, 5.74) is 1.80. The molecule has 33 heavy (non-hydrogen) atoms. The molecular weight excluding hydrogens is 440 g/mol. The monoisotopic (exact) mass is 460 g/mol. The second-order valence-electron chi connectivity index (χ2n) is 7.49. The average Bonchev–Trinajstić information content (AvgIpc) is 3.22. The van der Waals surface area contributed by atoms with Crippen LogP contribution in [0.3, 0.4) is 0 Å². The topological polar surface area (TPSA) is 113 Å². The summed E-state index contributed by atoms with van der Waals surface area (Å²) in [6.07, 6.45) is 4.96. The number of aliphatic hydroxyl groups excluding tert-OH is 1. The van der Waals surface area contributed by atoms with Gasteiger partial charge in [0.05, 0.1) is 40.6 Å². The predicted octanol–water partition coefficient (Wildman–Crippen LogP) is 2.21. The zero-order chi connectivity index (χ0) is 22.9. The van der Waals surface area contributed by atoms with Gasteiger partial charge in [0, 0.05) is 26.0 Å². The Labute approximate surface area is 192 Å². The van der Waals surface area contributed by atoms with Crippen LogP contribution >= 0.6 is 11.3 Å². The normalized spacial score (nSPS) is 11.3. The van der Waals surface area contributed by atoms with E-state index in [1.165, 1.54) is 11.3 Å². The number of thiazole rings is 1. The fraction of sp³-hybridized carbons (Fsp3) is 0.174. The molecule has 5 aromatic rings. The number of para-hydroxylation sites is 1. The van der Waals surface area contributed by atoms with E-state index in [2.05, 4.69) is 15.3 Å². The van der Waals surface area contributed by atoms with Crippen LogP contribution in [0, 0.1) is 0 Å². The van der Waals surface area contributed by atoms with Crippen LogP contribution < -0.4 is 15.6 Å². The lowest BCUT2D eigenvalue weighted by molar-refractivity contribution is 0.0945. The van der Waals surface area contributed by atoms with E-state index < -0.39 is 5.91 Å². The highest BCUT2D eigenvalue weighted by atomic mass is 32.1. The first-order chi connectivity index (χ1) is 16.1.